The summed E-state index contributed by atoms with van der Waals surface area (Å²) in [5, 5.41) is 5.35. The van der Waals surface area contributed by atoms with E-state index in [0.29, 0.717) is 12.4 Å². The van der Waals surface area contributed by atoms with Gasteiger partial charge in [-0.2, -0.15) is 5.10 Å². The van der Waals surface area contributed by atoms with E-state index in [9.17, 15) is 0 Å². The quantitative estimate of drug-likeness (QED) is 0.349. The molecule has 0 unspecified atom stereocenters. The third-order valence-electron chi connectivity index (χ3n) is 6.44. The fourth-order valence-electron chi connectivity index (χ4n) is 4.67. The van der Waals surface area contributed by atoms with Gasteiger partial charge in [0, 0.05) is 50.7 Å². The lowest BCUT2D eigenvalue weighted by Gasteiger charge is -2.17. The number of imidazole rings is 1. The van der Waals surface area contributed by atoms with Crippen LogP contribution in [0, 0.1) is 0 Å². The molecule has 0 aliphatic carbocycles. The minimum atomic E-state index is 0.462. The van der Waals surface area contributed by atoms with Crippen molar-refractivity contribution in [3.05, 3.63) is 54.6 Å². The molecule has 0 atom stereocenters. The van der Waals surface area contributed by atoms with E-state index >= 15 is 0 Å². The Morgan fingerprint density at radius 2 is 1.94 bits per heavy atom. The van der Waals surface area contributed by atoms with Crippen molar-refractivity contribution in [2.24, 2.45) is 7.05 Å². The van der Waals surface area contributed by atoms with Crippen molar-refractivity contribution >= 4 is 44.1 Å². The molecule has 0 amide bonds. The summed E-state index contributed by atoms with van der Waals surface area (Å²) < 4.78 is 11.1. The number of pyridine rings is 1. The average Bonchev–Trinajstić information content (AvgIpc) is 3.64. The van der Waals surface area contributed by atoms with Crippen LogP contribution >= 0.6 is 11.3 Å². The Balaban J connectivity index is 1.16. The molecule has 4 aromatic heterocycles. The van der Waals surface area contributed by atoms with Gasteiger partial charge < -0.3 is 19.9 Å². The van der Waals surface area contributed by atoms with E-state index in [1.54, 1.807) is 17.5 Å². The molecule has 34 heavy (non-hydrogen) atoms. The number of anilines is 2. The zero-order valence-corrected chi connectivity index (χ0v) is 20.0. The number of hydrogen-bond acceptors (Lipinski definition) is 7. The standard InChI is InChI=1S/C25H27N7OS/c1-30-20(6-4-15-33-18-9-7-17(8-10-18)31-12-2-3-13-31)29-22-23(30)24-19(28-25(22)26)16-21(34-24)32-14-5-11-27-32/h5,7-11,14,16H,2-4,6,12-13,15H2,1H3,(H2,26,28). The van der Waals surface area contributed by atoms with Crippen LogP contribution < -0.4 is 15.4 Å². The predicted octanol–water partition coefficient (Wildman–Crippen LogP) is 4.56. The largest absolute Gasteiger partial charge is 0.494 e. The normalized spacial score (nSPS) is 14.0. The number of nitrogen functional groups attached to an aromatic ring is 1. The molecular formula is C25H27N7OS. The molecule has 1 saturated heterocycles. The van der Waals surface area contributed by atoms with Crippen LogP contribution in [0.1, 0.15) is 25.1 Å². The van der Waals surface area contributed by atoms with Gasteiger partial charge >= 0.3 is 0 Å². The number of ether oxygens (including phenoxy) is 1. The van der Waals surface area contributed by atoms with Gasteiger partial charge in [0.1, 0.15) is 22.1 Å². The molecular weight excluding hydrogens is 446 g/mol. The molecule has 9 heteroatoms. The van der Waals surface area contributed by atoms with E-state index in [1.807, 2.05) is 23.0 Å². The molecule has 0 radical (unpaired) electrons. The van der Waals surface area contributed by atoms with Gasteiger partial charge in [0.2, 0.25) is 0 Å². The average molecular weight is 474 g/mol. The van der Waals surface area contributed by atoms with Crippen molar-refractivity contribution in [3.63, 3.8) is 0 Å². The van der Waals surface area contributed by atoms with E-state index in [-0.39, 0.29) is 0 Å². The molecule has 1 fully saturated rings. The van der Waals surface area contributed by atoms with Crippen LogP contribution in [0.2, 0.25) is 0 Å². The number of benzene rings is 1. The molecule has 1 aromatic carbocycles. The number of aromatic nitrogens is 5. The SMILES string of the molecule is Cn1c(CCCOc2ccc(N3CCCC3)cc2)nc2c(N)nc3cc(-n4cccn4)sc3c21. The molecule has 5 heterocycles. The van der Waals surface area contributed by atoms with Gasteiger partial charge in [-0.1, -0.05) is 0 Å². The third-order valence-corrected chi connectivity index (χ3v) is 7.56. The van der Waals surface area contributed by atoms with E-state index in [2.05, 4.69) is 50.9 Å². The summed E-state index contributed by atoms with van der Waals surface area (Å²) in [4.78, 5) is 11.9. The minimum Gasteiger partial charge on any atom is -0.494 e. The monoisotopic (exact) mass is 473 g/mol. The van der Waals surface area contributed by atoms with Crippen LogP contribution in [-0.2, 0) is 13.5 Å². The van der Waals surface area contributed by atoms with Crippen molar-refractivity contribution in [2.45, 2.75) is 25.7 Å². The van der Waals surface area contributed by atoms with Crippen molar-refractivity contribution in [1.29, 1.82) is 0 Å². The fraction of sp³-hybridized carbons (Fsp3) is 0.320. The number of rotatable bonds is 7. The van der Waals surface area contributed by atoms with Gasteiger partial charge in [-0.05, 0) is 49.6 Å². The van der Waals surface area contributed by atoms with Gasteiger partial charge in [0.15, 0.2) is 5.82 Å². The summed E-state index contributed by atoms with van der Waals surface area (Å²) >= 11 is 1.65. The second-order valence-corrected chi connectivity index (χ2v) is 9.70. The second-order valence-electron chi connectivity index (χ2n) is 8.67. The zero-order chi connectivity index (χ0) is 23.1. The van der Waals surface area contributed by atoms with Crippen LogP contribution in [0.25, 0.3) is 26.3 Å². The Kier molecular flexibility index (Phi) is 5.33. The summed E-state index contributed by atoms with van der Waals surface area (Å²) in [6, 6.07) is 12.4. The number of hydrogen-bond donors (Lipinski definition) is 1. The lowest BCUT2D eigenvalue weighted by molar-refractivity contribution is 0.309. The fourth-order valence-corrected chi connectivity index (χ4v) is 5.79. The summed E-state index contributed by atoms with van der Waals surface area (Å²) in [5.41, 5.74) is 10.2. The zero-order valence-electron chi connectivity index (χ0n) is 19.1. The van der Waals surface area contributed by atoms with Crippen LogP contribution in [0.15, 0.2) is 48.8 Å². The molecule has 1 aliphatic heterocycles. The Morgan fingerprint density at radius 1 is 1.12 bits per heavy atom. The van der Waals surface area contributed by atoms with Crippen molar-refractivity contribution in [3.8, 4) is 10.8 Å². The smallest absolute Gasteiger partial charge is 0.152 e. The maximum absolute atomic E-state index is 6.29. The first kappa shape index (κ1) is 21.0. The molecule has 8 nitrogen and oxygen atoms in total. The van der Waals surface area contributed by atoms with Crippen molar-refractivity contribution in [1.82, 2.24) is 24.3 Å². The summed E-state index contributed by atoms with van der Waals surface area (Å²) in [6.45, 7) is 2.94. The van der Waals surface area contributed by atoms with E-state index < -0.39 is 0 Å². The maximum Gasteiger partial charge on any atom is 0.152 e. The Hall–Kier alpha value is -3.59. The second kappa shape index (κ2) is 8.64. The highest BCUT2D eigenvalue weighted by Crippen LogP contribution is 2.35. The summed E-state index contributed by atoms with van der Waals surface area (Å²) in [5.74, 6) is 2.36. The van der Waals surface area contributed by atoms with Gasteiger partial charge in [0.25, 0.3) is 0 Å². The first-order chi connectivity index (χ1) is 16.7. The van der Waals surface area contributed by atoms with E-state index in [4.69, 9.17) is 15.5 Å². The van der Waals surface area contributed by atoms with Crippen LogP contribution in [-0.4, -0.2) is 44.0 Å². The molecule has 1 aliphatic rings. The van der Waals surface area contributed by atoms with Gasteiger partial charge in [0.05, 0.1) is 22.3 Å². The molecule has 0 saturated carbocycles. The van der Waals surface area contributed by atoms with E-state index in [1.165, 1.54) is 18.5 Å². The highest BCUT2D eigenvalue weighted by atomic mass is 32.1. The minimum absolute atomic E-state index is 0.462. The summed E-state index contributed by atoms with van der Waals surface area (Å²) in [7, 11) is 2.05. The molecule has 174 valence electrons. The van der Waals surface area contributed by atoms with E-state index in [0.717, 1.165) is 63.8 Å². The lowest BCUT2D eigenvalue weighted by atomic mass is 10.2. The first-order valence-electron chi connectivity index (χ1n) is 11.7. The topological polar surface area (TPSA) is 87.0 Å². The number of thiophene rings is 1. The van der Waals surface area contributed by atoms with Crippen LogP contribution in [0.3, 0.4) is 0 Å². The molecule has 6 rings (SSSR count). The molecule has 2 N–H and O–H groups in total. The lowest BCUT2D eigenvalue weighted by Crippen LogP contribution is -2.17. The Morgan fingerprint density at radius 3 is 2.71 bits per heavy atom. The number of aryl methyl sites for hydroxylation is 2. The van der Waals surface area contributed by atoms with Gasteiger partial charge in [-0.3, -0.25) is 0 Å². The molecule has 5 aromatic rings. The Bertz CT molecular complexity index is 1430. The number of fused-ring (bicyclic) bond motifs is 3. The predicted molar refractivity (Wildman–Crippen MR) is 137 cm³/mol. The maximum atomic E-state index is 6.29. The number of nitrogens with two attached hydrogens (primary N) is 1. The van der Waals surface area contributed by atoms with Crippen LogP contribution in [0.4, 0.5) is 11.5 Å². The first-order valence-corrected chi connectivity index (χ1v) is 12.5. The Labute approximate surface area is 201 Å². The third kappa shape index (κ3) is 3.75. The van der Waals surface area contributed by atoms with Crippen molar-refractivity contribution < 1.29 is 4.74 Å². The highest BCUT2D eigenvalue weighted by molar-refractivity contribution is 7.22. The molecule has 0 spiro atoms. The summed E-state index contributed by atoms with van der Waals surface area (Å²) in [6.07, 6.45) is 7.94. The van der Waals surface area contributed by atoms with Crippen LogP contribution in [0.5, 0.6) is 5.75 Å². The van der Waals surface area contributed by atoms with Crippen molar-refractivity contribution in [2.75, 3.05) is 30.3 Å². The number of nitrogens with zero attached hydrogens (tertiary/aromatic N) is 6. The molecule has 0 bridgehead atoms. The van der Waals surface area contributed by atoms with Gasteiger partial charge in [-0.25, -0.2) is 14.6 Å². The van der Waals surface area contributed by atoms with Gasteiger partial charge in [-0.15, -0.1) is 11.3 Å². The highest BCUT2D eigenvalue weighted by Gasteiger charge is 2.18.